The van der Waals surface area contributed by atoms with Crippen LogP contribution >= 0.6 is 15.9 Å². The zero-order chi connectivity index (χ0) is 33.8. The average molecular weight is 714 g/mol. The quantitative estimate of drug-likeness (QED) is 0.0403. The lowest BCUT2D eigenvalue weighted by Crippen LogP contribution is -2.54. The number of halogens is 1. The molecule has 4 aromatic carbocycles. The molecule has 2 atom stereocenters. The van der Waals surface area contributed by atoms with Gasteiger partial charge in [-0.2, -0.15) is 0 Å². The lowest BCUT2D eigenvalue weighted by molar-refractivity contribution is -0.130. The van der Waals surface area contributed by atoms with E-state index in [0.29, 0.717) is 43.2 Å². The molecule has 48 heavy (non-hydrogen) atoms. The Morgan fingerprint density at radius 3 is 2.44 bits per heavy atom. The van der Waals surface area contributed by atoms with Crippen molar-refractivity contribution in [1.29, 1.82) is 0 Å². The molecular weight excluding hydrogens is 676 g/mol. The molecule has 12 heteroatoms. The van der Waals surface area contributed by atoms with Crippen molar-refractivity contribution in [3.8, 4) is 11.5 Å². The molecule has 0 aliphatic carbocycles. The number of amides is 1. The van der Waals surface area contributed by atoms with E-state index in [9.17, 15) is 4.79 Å². The highest BCUT2D eigenvalue weighted by atomic mass is 79.9. The van der Waals surface area contributed by atoms with Gasteiger partial charge in [-0.3, -0.25) is 10.2 Å². The highest BCUT2D eigenvalue weighted by Gasteiger charge is 2.53. The predicted octanol–water partition coefficient (Wildman–Crippen LogP) is 6.39. The van der Waals surface area contributed by atoms with E-state index in [0.717, 1.165) is 32.5 Å². The number of rotatable bonds is 16. The van der Waals surface area contributed by atoms with E-state index in [1.165, 1.54) is 0 Å². The second kappa shape index (κ2) is 16.8. The van der Waals surface area contributed by atoms with Gasteiger partial charge in [0, 0.05) is 40.9 Å². The Bertz CT molecular complexity index is 1760. The number of ether oxygens (including phenoxy) is 3. The monoisotopic (exact) mass is 712 g/mol. The second-order valence-corrected chi connectivity index (χ2v) is 12.0. The molecule has 0 fully saturated rings. The molecule has 248 valence electrons. The van der Waals surface area contributed by atoms with Crippen LogP contribution < -0.4 is 20.3 Å². The molecule has 1 heterocycles. The molecule has 1 amide bonds. The van der Waals surface area contributed by atoms with Crippen molar-refractivity contribution >= 4 is 27.7 Å². The summed E-state index contributed by atoms with van der Waals surface area (Å²) in [6.07, 6.45) is 0.499. The fraction of sp³-hybridized carbons (Fsp3) is 0.278. The number of hydrogen-bond acceptors (Lipinski definition) is 8. The van der Waals surface area contributed by atoms with Crippen LogP contribution in [0.25, 0.3) is 10.4 Å². The number of hydrazine groups is 1. The number of nitrogens with zero attached hydrogens (tertiary/aromatic N) is 4. The van der Waals surface area contributed by atoms with Crippen molar-refractivity contribution in [2.75, 3.05) is 26.9 Å². The molecule has 0 unspecified atom stereocenters. The van der Waals surface area contributed by atoms with E-state index in [1.54, 1.807) is 7.11 Å². The van der Waals surface area contributed by atoms with E-state index in [2.05, 4.69) is 36.8 Å². The summed E-state index contributed by atoms with van der Waals surface area (Å²) < 4.78 is 18.7. The first kappa shape index (κ1) is 34.5. The van der Waals surface area contributed by atoms with Crippen LogP contribution in [0.4, 0.5) is 0 Å². The normalized spacial score (nSPS) is 16.7. The first-order chi connectivity index (χ1) is 23.5. The number of nitrogens with one attached hydrogen (secondary N) is 2. The van der Waals surface area contributed by atoms with Crippen LogP contribution in [-0.2, 0) is 28.9 Å². The van der Waals surface area contributed by atoms with Crippen LogP contribution in [0.1, 0.15) is 40.3 Å². The molecule has 5 rings (SSSR count). The molecule has 0 bridgehead atoms. The summed E-state index contributed by atoms with van der Waals surface area (Å²) >= 11 is 3.52. The lowest BCUT2D eigenvalue weighted by Gasteiger charge is -2.31. The second-order valence-electron chi connectivity index (χ2n) is 11.1. The Morgan fingerprint density at radius 2 is 1.73 bits per heavy atom. The lowest BCUT2D eigenvalue weighted by atomic mass is 9.81. The molecule has 1 aliphatic heterocycles. The van der Waals surface area contributed by atoms with Gasteiger partial charge in [0.25, 0.3) is 5.91 Å². The highest BCUT2D eigenvalue weighted by molar-refractivity contribution is 9.10. The van der Waals surface area contributed by atoms with E-state index in [1.807, 2.05) is 97.1 Å². The zero-order valence-corrected chi connectivity index (χ0v) is 28.1. The van der Waals surface area contributed by atoms with Gasteiger partial charge >= 0.3 is 0 Å². The van der Waals surface area contributed by atoms with Crippen molar-refractivity contribution in [3.63, 3.8) is 0 Å². The highest BCUT2D eigenvalue weighted by Crippen LogP contribution is 2.43. The Balaban J connectivity index is 1.52. The number of carbonyl (C=O) groups is 1. The van der Waals surface area contributed by atoms with E-state index < -0.39 is 11.6 Å². The standard InChI is InChI=1S/C36H37BrN6O5/c1-46-32-10-5-4-7-25(32)19-20-39-42-35(45)36(23-28-8-2-3-9-29(28)24-40-43-38)33(26-11-15-30(37)16-12-26)48-34(41-36)27-13-17-31(18-14-27)47-22-6-21-44/h2-5,7-18,33,39,44H,6,19-24H2,1H3,(H,42,45)/t33-,36-/m0/s1. The minimum absolute atomic E-state index is 0.0472. The van der Waals surface area contributed by atoms with Crippen molar-refractivity contribution in [2.45, 2.75) is 37.5 Å². The molecular formula is C36H37BrN6O5. The Kier molecular flexibility index (Phi) is 12.1. The van der Waals surface area contributed by atoms with Crippen molar-refractivity contribution in [3.05, 3.63) is 140 Å². The SMILES string of the molecule is COc1ccccc1CCNNC(=O)[C@@]1(Cc2ccccc2CN=[N+]=[N-])N=C(c2ccc(OCCCO)cc2)O[C@H]1c1ccc(Br)cc1. The molecule has 3 N–H and O–H groups in total. The number of carbonyl (C=O) groups excluding carboxylic acids is 1. The van der Waals surface area contributed by atoms with Gasteiger partial charge in [-0.25, -0.2) is 10.4 Å². The summed E-state index contributed by atoms with van der Waals surface area (Å²) in [5, 5.41) is 12.9. The molecule has 1 aliphatic rings. The van der Waals surface area contributed by atoms with Crippen molar-refractivity contribution in [2.24, 2.45) is 10.1 Å². The molecule has 11 nitrogen and oxygen atoms in total. The van der Waals surface area contributed by atoms with Gasteiger partial charge in [-0.05, 0) is 76.7 Å². The molecule has 0 aromatic heterocycles. The molecule has 0 saturated carbocycles. The maximum absolute atomic E-state index is 14.5. The van der Waals surface area contributed by atoms with Gasteiger partial charge in [-0.1, -0.05) is 75.6 Å². The Labute approximate surface area is 287 Å². The van der Waals surface area contributed by atoms with Gasteiger partial charge in [0.05, 0.1) is 20.3 Å². The average Bonchev–Trinajstić information content (AvgIpc) is 3.51. The van der Waals surface area contributed by atoms with Gasteiger partial charge in [0.15, 0.2) is 11.6 Å². The van der Waals surface area contributed by atoms with Crippen LogP contribution in [0.5, 0.6) is 11.5 Å². The van der Waals surface area contributed by atoms with E-state index in [-0.39, 0.29) is 25.5 Å². The maximum Gasteiger partial charge on any atom is 0.266 e. The first-order valence-corrected chi connectivity index (χ1v) is 16.4. The van der Waals surface area contributed by atoms with Gasteiger partial charge in [0.2, 0.25) is 5.90 Å². The van der Waals surface area contributed by atoms with E-state index >= 15 is 0 Å². The summed E-state index contributed by atoms with van der Waals surface area (Å²) in [7, 11) is 1.63. The first-order valence-electron chi connectivity index (χ1n) is 15.6. The number of benzene rings is 4. The minimum atomic E-state index is -1.46. The fourth-order valence-corrected chi connectivity index (χ4v) is 5.82. The fourth-order valence-electron chi connectivity index (χ4n) is 5.56. The molecule has 4 aromatic rings. The summed E-state index contributed by atoms with van der Waals surface area (Å²) in [6, 6.07) is 30.2. The third kappa shape index (κ3) is 8.34. The molecule has 0 saturated heterocycles. The van der Waals surface area contributed by atoms with E-state index in [4.69, 9.17) is 29.8 Å². The predicted molar refractivity (Wildman–Crippen MR) is 187 cm³/mol. The van der Waals surface area contributed by atoms with Crippen molar-refractivity contribution < 1.29 is 24.1 Å². The third-order valence-corrected chi connectivity index (χ3v) is 8.53. The number of aliphatic hydroxyl groups excluding tert-OH is 1. The summed E-state index contributed by atoms with van der Waals surface area (Å²) in [4.78, 5) is 22.6. The number of hydrogen-bond donors (Lipinski definition) is 3. The summed E-state index contributed by atoms with van der Waals surface area (Å²) in [5.74, 6) is 1.34. The van der Waals surface area contributed by atoms with Crippen LogP contribution in [-0.4, -0.2) is 49.3 Å². The minimum Gasteiger partial charge on any atom is -0.496 e. The van der Waals surface area contributed by atoms with Gasteiger partial charge in [0.1, 0.15) is 11.5 Å². The smallest absolute Gasteiger partial charge is 0.266 e. The van der Waals surface area contributed by atoms with Crippen LogP contribution in [0.15, 0.2) is 112 Å². The number of aliphatic hydroxyl groups is 1. The van der Waals surface area contributed by atoms with Crippen LogP contribution in [0, 0.1) is 0 Å². The van der Waals surface area contributed by atoms with Crippen LogP contribution in [0.2, 0.25) is 0 Å². The zero-order valence-electron chi connectivity index (χ0n) is 26.5. The van der Waals surface area contributed by atoms with Gasteiger partial charge < -0.3 is 19.3 Å². The Hall–Kier alpha value is -4.87. The van der Waals surface area contributed by atoms with Crippen molar-refractivity contribution in [1.82, 2.24) is 10.9 Å². The summed E-state index contributed by atoms with van der Waals surface area (Å²) in [5.41, 5.74) is 17.6. The number of azide groups is 1. The number of para-hydroxylation sites is 1. The topological polar surface area (TPSA) is 150 Å². The third-order valence-electron chi connectivity index (χ3n) is 8.00. The van der Waals surface area contributed by atoms with Gasteiger partial charge in [-0.15, -0.1) is 0 Å². The Morgan fingerprint density at radius 1 is 1.02 bits per heavy atom. The number of aliphatic imine (C=N–C) groups is 1. The van der Waals surface area contributed by atoms with Crippen LogP contribution in [0.3, 0.4) is 0 Å². The molecule has 0 spiro atoms. The largest absolute Gasteiger partial charge is 0.496 e. The summed E-state index contributed by atoms with van der Waals surface area (Å²) in [6.45, 7) is 1.00. The molecule has 0 radical (unpaired) electrons. The maximum atomic E-state index is 14.5. The number of methoxy groups -OCH3 is 1.